The van der Waals surface area contributed by atoms with Crippen LogP contribution in [-0.2, 0) is 16.0 Å². The summed E-state index contributed by atoms with van der Waals surface area (Å²) >= 11 is 1.77. The van der Waals surface area contributed by atoms with Crippen molar-refractivity contribution in [3.8, 4) is 0 Å². The highest BCUT2D eigenvalue weighted by Gasteiger charge is 2.33. The Balaban J connectivity index is 1.85. The maximum Gasteiger partial charge on any atom is 0.242 e. The van der Waals surface area contributed by atoms with Crippen LogP contribution in [0.4, 0.5) is 0 Å². The highest BCUT2D eigenvalue weighted by molar-refractivity contribution is 7.10. The number of carbonyl (C=O) groups excluding carboxylic acids is 2. The number of nitrogens with zero attached hydrogens (tertiary/aromatic N) is 2. The monoisotopic (exact) mass is 384 g/mol. The smallest absolute Gasteiger partial charge is 0.242 e. The minimum atomic E-state index is -0.0570. The van der Waals surface area contributed by atoms with Gasteiger partial charge in [-0.05, 0) is 35.4 Å². The Morgan fingerprint density at radius 3 is 2.67 bits per heavy atom. The van der Waals surface area contributed by atoms with E-state index in [0.29, 0.717) is 19.5 Å². The molecule has 1 atom stereocenters. The average Bonchev–Trinajstić information content (AvgIpc) is 3.19. The van der Waals surface area contributed by atoms with Gasteiger partial charge in [-0.3, -0.25) is 9.59 Å². The molecule has 4 nitrogen and oxygen atoms in total. The predicted octanol–water partition coefficient (Wildman–Crippen LogP) is 4.26. The van der Waals surface area contributed by atoms with Crippen molar-refractivity contribution in [1.82, 2.24) is 9.80 Å². The second-order valence-corrected chi connectivity index (χ2v) is 7.97. The van der Waals surface area contributed by atoms with E-state index < -0.39 is 0 Å². The number of thiophene rings is 1. The molecule has 0 fully saturated rings. The van der Waals surface area contributed by atoms with Gasteiger partial charge in [0.2, 0.25) is 11.8 Å². The van der Waals surface area contributed by atoms with E-state index in [4.69, 9.17) is 0 Å². The lowest BCUT2D eigenvalue weighted by Crippen LogP contribution is -2.46. The molecule has 0 N–H and O–H groups in total. The molecule has 0 saturated heterocycles. The van der Waals surface area contributed by atoms with Crippen molar-refractivity contribution >= 4 is 23.2 Å². The van der Waals surface area contributed by atoms with Gasteiger partial charge in [0, 0.05) is 24.4 Å². The molecule has 0 aliphatic carbocycles. The second-order valence-electron chi connectivity index (χ2n) is 6.97. The summed E-state index contributed by atoms with van der Waals surface area (Å²) in [5.41, 5.74) is 2.36. The van der Waals surface area contributed by atoms with Crippen LogP contribution >= 0.6 is 11.3 Å². The standard InChI is InChI=1S/C22H28N2O2S/c1-3-5-13-23(20(25)4-2)16-21(26)24-14-11-19-18(12-15-27-19)22(24)17-9-7-6-8-10-17/h6-10,12,15,22H,3-5,11,13-14,16H2,1-2H3/t22-/m1/s1. The van der Waals surface area contributed by atoms with Crippen LogP contribution in [-0.4, -0.2) is 41.2 Å². The third-order valence-electron chi connectivity index (χ3n) is 5.16. The van der Waals surface area contributed by atoms with E-state index >= 15 is 0 Å². The van der Waals surface area contributed by atoms with Crippen molar-refractivity contribution in [3.05, 3.63) is 57.8 Å². The number of amides is 2. The molecule has 0 saturated carbocycles. The molecule has 0 radical (unpaired) electrons. The minimum Gasteiger partial charge on any atom is -0.333 e. The van der Waals surface area contributed by atoms with Gasteiger partial charge in [0.25, 0.3) is 0 Å². The lowest BCUT2D eigenvalue weighted by molar-refractivity contribution is -0.141. The van der Waals surface area contributed by atoms with E-state index in [-0.39, 0.29) is 24.4 Å². The van der Waals surface area contributed by atoms with Crippen molar-refractivity contribution in [2.45, 2.75) is 45.6 Å². The van der Waals surface area contributed by atoms with Crippen LogP contribution in [0.1, 0.15) is 55.2 Å². The number of unbranched alkanes of at least 4 members (excludes halogenated alkanes) is 1. The quantitative estimate of drug-likeness (QED) is 0.716. The number of rotatable bonds is 7. The van der Waals surface area contributed by atoms with Crippen LogP contribution in [0.3, 0.4) is 0 Å². The normalized spacial score (nSPS) is 16.1. The summed E-state index contributed by atoms with van der Waals surface area (Å²) in [6, 6.07) is 12.3. The third-order valence-corrected chi connectivity index (χ3v) is 6.16. The van der Waals surface area contributed by atoms with Crippen LogP contribution in [0.5, 0.6) is 0 Å². The third kappa shape index (κ3) is 4.41. The van der Waals surface area contributed by atoms with Gasteiger partial charge in [0.15, 0.2) is 0 Å². The maximum atomic E-state index is 13.2. The van der Waals surface area contributed by atoms with Gasteiger partial charge in [-0.1, -0.05) is 50.6 Å². The summed E-state index contributed by atoms with van der Waals surface area (Å²) in [6.45, 7) is 5.49. The highest BCUT2D eigenvalue weighted by atomic mass is 32.1. The Bertz CT molecular complexity index is 772. The number of benzene rings is 1. The summed E-state index contributed by atoms with van der Waals surface area (Å²) < 4.78 is 0. The van der Waals surface area contributed by atoms with Gasteiger partial charge in [-0.2, -0.15) is 0 Å². The van der Waals surface area contributed by atoms with Crippen LogP contribution in [0, 0.1) is 0 Å². The van der Waals surface area contributed by atoms with Gasteiger partial charge in [-0.25, -0.2) is 0 Å². The highest BCUT2D eigenvalue weighted by Crippen LogP contribution is 2.37. The van der Waals surface area contributed by atoms with E-state index in [1.165, 1.54) is 10.4 Å². The first kappa shape index (κ1) is 19.6. The fourth-order valence-corrected chi connectivity index (χ4v) is 4.60. The van der Waals surface area contributed by atoms with E-state index in [1.807, 2.05) is 30.0 Å². The zero-order valence-corrected chi connectivity index (χ0v) is 17.0. The van der Waals surface area contributed by atoms with Crippen molar-refractivity contribution in [3.63, 3.8) is 0 Å². The molecule has 0 bridgehead atoms. The van der Waals surface area contributed by atoms with Crippen molar-refractivity contribution in [2.24, 2.45) is 0 Å². The molecule has 1 aromatic heterocycles. The lowest BCUT2D eigenvalue weighted by Gasteiger charge is -2.37. The molecule has 1 aliphatic heterocycles. The molecule has 3 rings (SSSR count). The number of hydrogen-bond acceptors (Lipinski definition) is 3. The van der Waals surface area contributed by atoms with E-state index in [0.717, 1.165) is 24.8 Å². The minimum absolute atomic E-state index is 0.0404. The fourth-order valence-electron chi connectivity index (χ4n) is 3.70. The van der Waals surface area contributed by atoms with Gasteiger partial charge in [0.1, 0.15) is 0 Å². The molecule has 0 spiro atoms. The Hall–Kier alpha value is -2.14. The van der Waals surface area contributed by atoms with Gasteiger partial charge in [-0.15, -0.1) is 11.3 Å². The summed E-state index contributed by atoms with van der Waals surface area (Å²) in [7, 11) is 0. The fraction of sp³-hybridized carbons (Fsp3) is 0.455. The molecular formula is C22H28N2O2S. The Labute approximate surface area is 165 Å². The Morgan fingerprint density at radius 2 is 1.96 bits per heavy atom. The lowest BCUT2D eigenvalue weighted by atomic mass is 9.93. The molecule has 2 amide bonds. The van der Waals surface area contributed by atoms with Crippen LogP contribution in [0.25, 0.3) is 0 Å². The zero-order valence-electron chi connectivity index (χ0n) is 16.2. The van der Waals surface area contributed by atoms with Crippen LogP contribution in [0.2, 0.25) is 0 Å². The molecule has 2 heterocycles. The number of carbonyl (C=O) groups is 2. The van der Waals surface area contributed by atoms with E-state index in [2.05, 4.69) is 30.5 Å². The maximum absolute atomic E-state index is 13.2. The number of fused-ring (bicyclic) bond motifs is 1. The molecule has 2 aromatic rings. The van der Waals surface area contributed by atoms with Crippen LogP contribution < -0.4 is 0 Å². The second kappa shape index (κ2) is 9.18. The van der Waals surface area contributed by atoms with E-state index in [1.54, 1.807) is 16.2 Å². The molecule has 0 unspecified atom stereocenters. The topological polar surface area (TPSA) is 40.6 Å². The first-order chi connectivity index (χ1) is 13.2. The van der Waals surface area contributed by atoms with Crippen molar-refractivity contribution in [1.29, 1.82) is 0 Å². The SMILES string of the molecule is CCCCN(CC(=O)N1CCc2sccc2[C@H]1c1ccccc1)C(=O)CC. The molecule has 1 aliphatic rings. The first-order valence-corrected chi connectivity index (χ1v) is 10.7. The zero-order chi connectivity index (χ0) is 19.2. The largest absolute Gasteiger partial charge is 0.333 e. The Morgan fingerprint density at radius 1 is 1.19 bits per heavy atom. The summed E-state index contributed by atoms with van der Waals surface area (Å²) in [5, 5.41) is 2.11. The average molecular weight is 385 g/mol. The molecular weight excluding hydrogens is 356 g/mol. The predicted molar refractivity (Wildman–Crippen MR) is 110 cm³/mol. The Kier molecular flexibility index (Phi) is 6.67. The van der Waals surface area contributed by atoms with Crippen molar-refractivity contribution < 1.29 is 9.59 Å². The first-order valence-electron chi connectivity index (χ1n) is 9.84. The van der Waals surface area contributed by atoms with Crippen LogP contribution in [0.15, 0.2) is 41.8 Å². The summed E-state index contributed by atoms with van der Waals surface area (Å²) in [6.07, 6.45) is 3.26. The summed E-state index contributed by atoms with van der Waals surface area (Å²) in [5.74, 6) is 0.0971. The molecule has 27 heavy (non-hydrogen) atoms. The molecule has 144 valence electrons. The van der Waals surface area contributed by atoms with Gasteiger partial charge < -0.3 is 9.80 Å². The van der Waals surface area contributed by atoms with Crippen molar-refractivity contribution in [2.75, 3.05) is 19.6 Å². The summed E-state index contributed by atoms with van der Waals surface area (Å²) in [4.78, 5) is 30.6. The van der Waals surface area contributed by atoms with Gasteiger partial charge in [0.05, 0.1) is 12.6 Å². The van der Waals surface area contributed by atoms with Gasteiger partial charge >= 0.3 is 0 Å². The number of hydrogen-bond donors (Lipinski definition) is 0. The molecule has 5 heteroatoms. The van der Waals surface area contributed by atoms with E-state index in [9.17, 15) is 9.59 Å². The molecule has 1 aromatic carbocycles.